The molecule has 3 aromatic heterocycles. The van der Waals surface area contributed by atoms with Crippen LogP contribution in [0, 0.1) is 0 Å². The minimum Gasteiger partial charge on any atom is -0.394 e. The molecule has 11 heteroatoms. The zero-order valence-corrected chi connectivity index (χ0v) is 19.8. The highest BCUT2D eigenvalue weighted by molar-refractivity contribution is 5.83. The van der Waals surface area contributed by atoms with Gasteiger partial charge in [-0.25, -0.2) is 15.0 Å². The fourth-order valence-corrected chi connectivity index (χ4v) is 4.23. The quantitative estimate of drug-likeness (QED) is 0.330. The number of ether oxygens (including phenoxy) is 1. The lowest BCUT2D eigenvalue weighted by atomic mass is 9.87. The van der Waals surface area contributed by atoms with Crippen LogP contribution in [-0.4, -0.2) is 69.5 Å². The largest absolute Gasteiger partial charge is 0.394 e. The van der Waals surface area contributed by atoms with Gasteiger partial charge in [0.05, 0.1) is 31.2 Å². The summed E-state index contributed by atoms with van der Waals surface area (Å²) in [4.78, 5) is 13.2. The van der Waals surface area contributed by atoms with Crippen molar-refractivity contribution in [3.05, 3.63) is 54.1 Å². The van der Waals surface area contributed by atoms with Gasteiger partial charge in [-0.15, -0.1) is 0 Å². The van der Waals surface area contributed by atoms with Crippen molar-refractivity contribution >= 4 is 17.0 Å². The van der Waals surface area contributed by atoms with Crippen molar-refractivity contribution in [2.45, 2.75) is 57.3 Å². The maximum Gasteiger partial charge on any atom is 0.168 e. The van der Waals surface area contributed by atoms with Crippen LogP contribution >= 0.6 is 0 Å². The van der Waals surface area contributed by atoms with Gasteiger partial charge in [0, 0.05) is 6.20 Å². The molecule has 1 saturated heterocycles. The van der Waals surface area contributed by atoms with Gasteiger partial charge >= 0.3 is 0 Å². The number of hydrogen-bond donors (Lipinski definition) is 4. The van der Waals surface area contributed by atoms with Gasteiger partial charge < -0.3 is 25.8 Å². The first-order chi connectivity index (χ1) is 16.7. The van der Waals surface area contributed by atoms with Crippen molar-refractivity contribution in [2.24, 2.45) is 0 Å². The van der Waals surface area contributed by atoms with Crippen LogP contribution in [0.25, 0.3) is 22.6 Å². The molecule has 1 aliphatic heterocycles. The number of imidazole rings is 1. The molecular weight excluding hydrogens is 450 g/mol. The number of rotatable bonds is 5. The number of aliphatic hydroxyl groups is 3. The van der Waals surface area contributed by atoms with Crippen LogP contribution in [0.4, 0.5) is 5.82 Å². The van der Waals surface area contributed by atoms with Crippen LogP contribution in [-0.2, 0) is 16.7 Å². The first kappa shape index (κ1) is 23.4. The number of aromatic nitrogens is 6. The molecule has 4 aromatic rings. The van der Waals surface area contributed by atoms with Crippen LogP contribution < -0.4 is 5.73 Å². The normalized spacial score (nSPS) is 22.8. The van der Waals surface area contributed by atoms with E-state index < -0.39 is 31.1 Å². The summed E-state index contributed by atoms with van der Waals surface area (Å²) in [6.45, 7) is 6.71. The number of fused-ring (bicyclic) bond motifs is 1. The summed E-state index contributed by atoms with van der Waals surface area (Å²) < 4.78 is 8.92. The van der Waals surface area contributed by atoms with Crippen LogP contribution in [0.5, 0.6) is 0 Å². The van der Waals surface area contributed by atoms with E-state index in [2.05, 4.69) is 65.1 Å². The van der Waals surface area contributed by atoms with E-state index in [9.17, 15) is 15.3 Å². The molecule has 184 valence electrons. The topological polar surface area (TPSA) is 157 Å². The maximum absolute atomic E-state index is 10.4. The lowest BCUT2D eigenvalue weighted by Gasteiger charge is -2.19. The molecule has 4 heterocycles. The maximum atomic E-state index is 10.4. The first-order valence-electron chi connectivity index (χ1n) is 11.4. The first-order valence-corrected chi connectivity index (χ1v) is 11.4. The summed E-state index contributed by atoms with van der Waals surface area (Å²) in [5, 5.41) is 34.4. The van der Waals surface area contributed by atoms with Gasteiger partial charge in [0.15, 0.2) is 23.5 Å². The molecule has 0 amide bonds. The van der Waals surface area contributed by atoms with E-state index in [1.54, 1.807) is 10.9 Å². The van der Waals surface area contributed by atoms with Crippen molar-refractivity contribution in [1.82, 2.24) is 29.3 Å². The molecule has 11 nitrogen and oxygen atoms in total. The second-order valence-corrected chi connectivity index (χ2v) is 9.86. The molecular formula is C24H29N7O4. The van der Waals surface area contributed by atoms with Gasteiger partial charge in [0.2, 0.25) is 0 Å². The van der Waals surface area contributed by atoms with E-state index in [4.69, 9.17) is 10.5 Å². The van der Waals surface area contributed by atoms with Crippen molar-refractivity contribution in [1.29, 1.82) is 0 Å². The second kappa shape index (κ2) is 8.68. The third-order valence-corrected chi connectivity index (χ3v) is 6.30. The number of hydrogen-bond acceptors (Lipinski definition) is 9. The molecule has 35 heavy (non-hydrogen) atoms. The van der Waals surface area contributed by atoms with Gasteiger partial charge in [-0.2, -0.15) is 5.10 Å². The van der Waals surface area contributed by atoms with E-state index in [1.165, 1.54) is 16.5 Å². The van der Waals surface area contributed by atoms with E-state index in [0.717, 1.165) is 5.56 Å². The van der Waals surface area contributed by atoms with Crippen molar-refractivity contribution in [3.63, 3.8) is 0 Å². The van der Waals surface area contributed by atoms with Crippen molar-refractivity contribution < 1.29 is 20.1 Å². The van der Waals surface area contributed by atoms with Gasteiger partial charge in [-0.05, 0) is 16.5 Å². The highest BCUT2D eigenvalue weighted by Gasteiger charge is 2.44. The van der Waals surface area contributed by atoms with Crippen LogP contribution in [0.1, 0.15) is 38.1 Å². The predicted molar refractivity (Wildman–Crippen MR) is 128 cm³/mol. The fraction of sp³-hybridized carbons (Fsp3) is 0.417. The van der Waals surface area contributed by atoms with Crippen molar-refractivity contribution in [2.75, 3.05) is 12.3 Å². The van der Waals surface area contributed by atoms with Crippen LogP contribution in [0.3, 0.4) is 0 Å². The Balaban J connectivity index is 1.43. The molecule has 5 N–H and O–H groups in total. The smallest absolute Gasteiger partial charge is 0.168 e. The Hall–Kier alpha value is -3.38. The molecule has 1 aliphatic rings. The van der Waals surface area contributed by atoms with Crippen LogP contribution in [0.2, 0.25) is 0 Å². The van der Waals surface area contributed by atoms with E-state index in [-0.39, 0.29) is 11.2 Å². The third kappa shape index (κ3) is 4.27. The molecule has 0 radical (unpaired) electrons. The Morgan fingerprint density at radius 1 is 1.09 bits per heavy atom. The van der Waals surface area contributed by atoms with Gasteiger partial charge in [-0.1, -0.05) is 45.0 Å². The number of nitrogen functional groups attached to an aromatic ring is 1. The second-order valence-electron chi connectivity index (χ2n) is 9.86. The Morgan fingerprint density at radius 3 is 2.49 bits per heavy atom. The van der Waals surface area contributed by atoms with Crippen LogP contribution in [0.15, 0.2) is 43.0 Å². The molecule has 0 bridgehead atoms. The Labute approximate surface area is 201 Å². The summed E-state index contributed by atoms with van der Waals surface area (Å²) in [6.07, 6.45) is 0.524. The van der Waals surface area contributed by atoms with Gasteiger partial charge in [0.1, 0.15) is 23.8 Å². The molecule has 2 unspecified atom stereocenters. The zero-order chi connectivity index (χ0) is 24.9. The molecule has 0 spiro atoms. The molecule has 0 saturated carbocycles. The van der Waals surface area contributed by atoms with Gasteiger partial charge in [-0.3, -0.25) is 9.25 Å². The third-order valence-electron chi connectivity index (χ3n) is 6.30. The highest BCUT2D eigenvalue weighted by atomic mass is 16.6. The molecule has 1 aromatic carbocycles. The highest BCUT2D eigenvalue weighted by Crippen LogP contribution is 2.32. The average Bonchev–Trinajstić information content (AvgIpc) is 3.52. The fourth-order valence-electron chi connectivity index (χ4n) is 4.23. The number of anilines is 1. The van der Waals surface area contributed by atoms with E-state index >= 15 is 0 Å². The van der Waals surface area contributed by atoms with Crippen molar-refractivity contribution in [3.8, 4) is 11.4 Å². The minimum atomic E-state index is -1.27. The van der Waals surface area contributed by atoms with E-state index in [0.29, 0.717) is 29.1 Å². The van der Waals surface area contributed by atoms with Gasteiger partial charge in [0.25, 0.3) is 0 Å². The number of nitrogens with two attached hydrogens (primary N) is 1. The summed E-state index contributed by atoms with van der Waals surface area (Å²) in [6, 6.07) is 8.47. The lowest BCUT2D eigenvalue weighted by Crippen LogP contribution is -2.33. The molecule has 1 fully saturated rings. The Kier molecular flexibility index (Phi) is 5.80. The molecule has 5 rings (SSSR count). The zero-order valence-electron chi connectivity index (χ0n) is 19.8. The molecule has 0 aliphatic carbocycles. The lowest BCUT2D eigenvalue weighted by molar-refractivity contribution is -0.0511. The summed E-state index contributed by atoms with van der Waals surface area (Å²) in [5.74, 6) is 0.513. The predicted octanol–water partition coefficient (Wildman–Crippen LogP) is 1.23. The Bertz CT molecular complexity index is 1340. The number of benzene rings is 1. The summed E-state index contributed by atoms with van der Waals surface area (Å²) in [7, 11) is 0. The SMILES string of the molecule is CC(C)(C)c1ccc(Cn2cc(-c3nc(N)c4ncn(C5O[C@H](CO)C(O)[C@H]5O)c4n3)cn2)cc1. The summed E-state index contributed by atoms with van der Waals surface area (Å²) in [5.41, 5.74) is 9.99. The van der Waals surface area contributed by atoms with E-state index in [1.807, 2.05) is 6.20 Å². The number of nitrogens with zero attached hydrogens (tertiary/aromatic N) is 6. The average molecular weight is 480 g/mol. The Morgan fingerprint density at radius 2 is 1.83 bits per heavy atom. The minimum absolute atomic E-state index is 0.0938. The molecule has 4 atom stereocenters. The monoisotopic (exact) mass is 479 g/mol. The summed E-state index contributed by atoms with van der Waals surface area (Å²) >= 11 is 0. The standard InChI is InChI=1S/C24H29N7O4/c1-24(2,3)15-6-4-13(5-7-15)9-30-10-14(8-27-30)21-28-20(25)17-22(29-21)31(12-26-17)23-19(34)18(33)16(11-32)35-23/h4-8,10,12,16,18-19,23,32-34H,9,11H2,1-3H3,(H2,25,28,29)/t16-,18?,19-,23?/m1/s1. The number of aliphatic hydroxyl groups excluding tert-OH is 3.